The largest absolute Gasteiger partial charge is 0.492 e. The molecule has 0 saturated carbocycles. The van der Waals surface area contributed by atoms with Gasteiger partial charge < -0.3 is 19.8 Å². The number of fused-ring (bicyclic) bond motifs is 3. The first-order valence-corrected chi connectivity index (χ1v) is 8.97. The van der Waals surface area contributed by atoms with E-state index in [0.29, 0.717) is 19.8 Å². The third-order valence-corrected chi connectivity index (χ3v) is 4.98. The van der Waals surface area contributed by atoms with Crippen molar-refractivity contribution in [1.82, 2.24) is 4.57 Å². The van der Waals surface area contributed by atoms with Crippen molar-refractivity contribution >= 4 is 21.8 Å². The minimum Gasteiger partial charge on any atom is -0.492 e. The van der Waals surface area contributed by atoms with Crippen LogP contribution in [0.3, 0.4) is 0 Å². The quantitative estimate of drug-likeness (QED) is 0.604. The predicted octanol–water partition coefficient (Wildman–Crippen LogP) is 4.19. The van der Waals surface area contributed by atoms with E-state index in [0.717, 1.165) is 28.9 Å². The minimum absolute atomic E-state index is 0.495. The molecule has 0 saturated heterocycles. The van der Waals surface area contributed by atoms with E-state index in [9.17, 15) is 0 Å². The van der Waals surface area contributed by atoms with Crippen LogP contribution < -0.4 is 15.2 Å². The van der Waals surface area contributed by atoms with Crippen LogP contribution in [0.5, 0.6) is 11.5 Å². The van der Waals surface area contributed by atoms with Gasteiger partial charge in [0.1, 0.15) is 24.7 Å². The van der Waals surface area contributed by atoms with E-state index in [4.69, 9.17) is 15.2 Å². The number of para-hydroxylation sites is 1. The van der Waals surface area contributed by atoms with Crippen molar-refractivity contribution < 1.29 is 9.47 Å². The molecule has 3 aromatic carbocycles. The van der Waals surface area contributed by atoms with Crippen molar-refractivity contribution in [3.05, 3.63) is 60.7 Å². The molecule has 26 heavy (non-hydrogen) atoms. The van der Waals surface area contributed by atoms with Crippen LogP contribution in [0.2, 0.25) is 0 Å². The van der Waals surface area contributed by atoms with Gasteiger partial charge in [0.05, 0.1) is 23.0 Å². The average Bonchev–Trinajstić information content (AvgIpc) is 3.04. The highest BCUT2D eigenvalue weighted by Crippen LogP contribution is 2.44. The van der Waals surface area contributed by atoms with Gasteiger partial charge in [-0.25, -0.2) is 0 Å². The number of benzene rings is 3. The summed E-state index contributed by atoms with van der Waals surface area (Å²) in [7, 11) is 0. The van der Waals surface area contributed by atoms with E-state index in [-0.39, 0.29) is 0 Å². The Hall–Kier alpha value is -2.98. The zero-order valence-corrected chi connectivity index (χ0v) is 14.4. The summed E-state index contributed by atoms with van der Waals surface area (Å²) in [6.45, 7) is 2.51. The molecule has 0 fully saturated rings. The average molecular weight is 344 g/mol. The van der Waals surface area contributed by atoms with Gasteiger partial charge in [0.2, 0.25) is 0 Å². The maximum Gasteiger partial charge on any atom is 0.143 e. The molecule has 0 spiro atoms. The third kappa shape index (κ3) is 2.19. The molecule has 0 amide bonds. The molecule has 4 heteroatoms. The molecule has 2 heterocycles. The zero-order valence-electron chi connectivity index (χ0n) is 14.4. The molecule has 0 bridgehead atoms. The first kappa shape index (κ1) is 15.3. The van der Waals surface area contributed by atoms with Gasteiger partial charge in [0.25, 0.3) is 0 Å². The van der Waals surface area contributed by atoms with Gasteiger partial charge >= 0.3 is 0 Å². The summed E-state index contributed by atoms with van der Waals surface area (Å²) >= 11 is 0. The van der Waals surface area contributed by atoms with E-state index in [1.807, 2.05) is 12.1 Å². The Balaban J connectivity index is 1.92. The summed E-state index contributed by atoms with van der Waals surface area (Å²) < 4.78 is 14.3. The molecule has 1 aliphatic heterocycles. The molecule has 0 atom stereocenters. The van der Waals surface area contributed by atoms with E-state index >= 15 is 0 Å². The number of nitrogens with zero attached hydrogens (tertiary/aromatic N) is 1. The Morgan fingerprint density at radius 1 is 0.962 bits per heavy atom. The Labute approximate surface area is 151 Å². The number of hydrogen-bond donors (Lipinski definition) is 1. The molecule has 4 nitrogen and oxygen atoms in total. The summed E-state index contributed by atoms with van der Waals surface area (Å²) in [4.78, 5) is 0. The lowest BCUT2D eigenvalue weighted by atomic mass is 10.0. The van der Waals surface area contributed by atoms with Crippen LogP contribution in [0.25, 0.3) is 32.9 Å². The van der Waals surface area contributed by atoms with Crippen LogP contribution in [-0.4, -0.2) is 24.3 Å². The second-order valence-electron chi connectivity index (χ2n) is 6.49. The fourth-order valence-corrected chi connectivity index (χ4v) is 3.95. The molecule has 1 aliphatic rings. The number of hydrogen-bond acceptors (Lipinski definition) is 3. The Morgan fingerprint density at radius 2 is 1.85 bits per heavy atom. The smallest absolute Gasteiger partial charge is 0.143 e. The molecule has 0 unspecified atom stereocenters. The van der Waals surface area contributed by atoms with Gasteiger partial charge in [-0.05, 0) is 23.8 Å². The molecule has 1 aromatic heterocycles. The number of ether oxygens (including phenoxy) is 2. The summed E-state index contributed by atoms with van der Waals surface area (Å²) in [5, 5.41) is 2.31. The highest BCUT2D eigenvalue weighted by molar-refractivity contribution is 6.17. The summed E-state index contributed by atoms with van der Waals surface area (Å²) in [5.74, 6) is 1.82. The fourth-order valence-electron chi connectivity index (χ4n) is 3.95. The number of aromatic nitrogens is 1. The standard InChI is InChI=1S/C22H20N2O2/c23-11-13-25-18-10-9-16(15-5-2-1-3-6-15)22-20(18)17-7-4-8-19-21(17)24(22)12-14-26-19/h1-10H,11-14,23H2. The summed E-state index contributed by atoms with van der Waals surface area (Å²) in [6, 6.07) is 21.0. The lowest BCUT2D eigenvalue weighted by molar-refractivity contribution is 0.289. The van der Waals surface area contributed by atoms with Gasteiger partial charge in [0.15, 0.2) is 0 Å². The lowest BCUT2D eigenvalue weighted by Gasteiger charge is -2.18. The molecule has 130 valence electrons. The Morgan fingerprint density at radius 3 is 2.69 bits per heavy atom. The summed E-state index contributed by atoms with van der Waals surface area (Å²) in [5.41, 5.74) is 10.4. The lowest BCUT2D eigenvalue weighted by Crippen LogP contribution is -2.14. The van der Waals surface area contributed by atoms with Crippen molar-refractivity contribution in [2.45, 2.75) is 6.54 Å². The molecule has 0 radical (unpaired) electrons. The maximum atomic E-state index is 6.01. The van der Waals surface area contributed by atoms with Gasteiger partial charge in [0, 0.05) is 17.5 Å². The molecular formula is C22H20N2O2. The molecule has 0 aliphatic carbocycles. The van der Waals surface area contributed by atoms with Crippen molar-refractivity contribution in [3.8, 4) is 22.6 Å². The van der Waals surface area contributed by atoms with Gasteiger partial charge in [-0.2, -0.15) is 0 Å². The maximum absolute atomic E-state index is 6.01. The van der Waals surface area contributed by atoms with Crippen LogP contribution in [0.1, 0.15) is 0 Å². The predicted molar refractivity (Wildman–Crippen MR) is 105 cm³/mol. The van der Waals surface area contributed by atoms with Crippen LogP contribution >= 0.6 is 0 Å². The van der Waals surface area contributed by atoms with Crippen LogP contribution in [0.15, 0.2) is 60.7 Å². The van der Waals surface area contributed by atoms with Crippen molar-refractivity contribution in [1.29, 1.82) is 0 Å². The minimum atomic E-state index is 0.495. The first-order valence-electron chi connectivity index (χ1n) is 8.97. The van der Waals surface area contributed by atoms with Crippen molar-refractivity contribution in [2.75, 3.05) is 19.8 Å². The summed E-state index contributed by atoms with van der Waals surface area (Å²) in [6.07, 6.45) is 0. The van der Waals surface area contributed by atoms with Crippen molar-refractivity contribution in [2.24, 2.45) is 5.73 Å². The van der Waals surface area contributed by atoms with E-state index < -0.39 is 0 Å². The highest BCUT2D eigenvalue weighted by Gasteiger charge is 2.23. The topological polar surface area (TPSA) is 49.4 Å². The van der Waals surface area contributed by atoms with Crippen molar-refractivity contribution in [3.63, 3.8) is 0 Å². The number of rotatable bonds is 4. The van der Waals surface area contributed by atoms with Crippen LogP contribution in [0, 0.1) is 0 Å². The van der Waals surface area contributed by atoms with Crippen LogP contribution in [-0.2, 0) is 6.54 Å². The fraction of sp³-hybridized carbons (Fsp3) is 0.182. The molecular weight excluding hydrogens is 324 g/mol. The second kappa shape index (κ2) is 6.07. The Kier molecular flexibility index (Phi) is 3.57. The SMILES string of the molecule is NCCOc1ccc(-c2ccccc2)c2c1c1cccc3c1n2CCO3. The Bertz CT molecular complexity index is 1100. The second-order valence-corrected chi connectivity index (χ2v) is 6.49. The van der Waals surface area contributed by atoms with E-state index in [1.165, 1.54) is 22.0 Å². The molecule has 5 rings (SSSR count). The highest BCUT2D eigenvalue weighted by atomic mass is 16.5. The van der Waals surface area contributed by atoms with Gasteiger partial charge in [-0.3, -0.25) is 0 Å². The molecule has 2 N–H and O–H groups in total. The number of nitrogens with two attached hydrogens (primary N) is 1. The van der Waals surface area contributed by atoms with Gasteiger partial charge in [-0.15, -0.1) is 0 Å². The first-order chi connectivity index (χ1) is 12.9. The zero-order chi connectivity index (χ0) is 17.5. The molecule has 4 aromatic rings. The van der Waals surface area contributed by atoms with E-state index in [1.54, 1.807) is 0 Å². The van der Waals surface area contributed by atoms with E-state index in [2.05, 4.69) is 53.1 Å². The third-order valence-electron chi connectivity index (χ3n) is 4.98. The van der Waals surface area contributed by atoms with Gasteiger partial charge in [-0.1, -0.05) is 42.5 Å². The van der Waals surface area contributed by atoms with Crippen LogP contribution in [0.4, 0.5) is 0 Å². The normalized spacial score (nSPS) is 13.1. The monoisotopic (exact) mass is 344 g/mol.